The normalized spacial score (nSPS) is 21.1. The van der Waals surface area contributed by atoms with Gasteiger partial charge in [0.15, 0.2) is 11.6 Å². The molecule has 0 aromatic heterocycles. The molecule has 3 nitrogen and oxygen atoms in total. The second-order valence-corrected chi connectivity index (χ2v) is 5.61. The van der Waals surface area contributed by atoms with Crippen molar-refractivity contribution >= 4 is 0 Å². The first-order valence-electron chi connectivity index (χ1n) is 7.64. The number of aliphatic hydroxyl groups excluding tert-OH is 1. The second-order valence-electron chi connectivity index (χ2n) is 5.61. The van der Waals surface area contributed by atoms with Crippen LogP contribution in [0.25, 0.3) is 0 Å². The van der Waals surface area contributed by atoms with Crippen molar-refractivity contribution in [3.8, 4) is 0 Å². The van der Waals surface area contributed by atoms with Crippen molar-refractivity contribution in [3.05, 3.63) is 35.4 Å². The summed E-state index contributed by atoms with van der Waals surface area (Å²) in [4.78, 5) is 4.61. The van der Waals surface area contributed by atoms with Gasteiger partial charge in [0, 0.05) is 19.1 Å². The van der Waals surface area contributed by atoms with Gasteiger partial charge in [0.1, 0.15) is 0 Å². The Balaban J connectivity index is 1.91. The lowest BCUT2D eigenvalue weighted by Gasteiger charge is -2.26. The molecule has 1 aliphatic heterocycles. The number of likely N-dealkylation sites (N-methyl/N-ethyl adjacent to an activating group) is 1. The maximum Gasteiger partial charge on any atom is 0.159 e. The fourth-order valence-electron chi connectivity index (χ4n) is 3.09. The molecule has 0 radical (unpaired) electrons. The summed E-state index contributed by atoms with van der Waals surface area (Å²) in [6, 6.07) is 4.12. The molecule has 1 aromatic rings. The molecular formula is C16H24F2N2O. The van der Waals surface area contributed by atoms with Gasteiger partial charge >= 0.3 is 0 Å². The van der Waals surface area contributed by atoms with E-state index >= 15 is 0 Å². The first kappa shape index (κ1) is 16.3. The largest absolute Gasteiger partial charge is 0.387 e. The van der Waals surface area contributed by atoms with Crippen LogP contribution in [0, 0.1) is 11.6 Å². The summed E-state index contributed by atoms with van der Waals surface area (Å²) in [7, 11) is 0. The molecule has 0 saturated carbocycles. The Morgan fingerprint density at radius 3 is 2.62 bits per heavy atom. The molecule has 5 heteroatoms. The van der Waals surface area contributed by atoms with Crippen molar-refractivity contribution < 1.29 is 13.9 Å². The molecule has 1 aliphatic rings. The van der Waals surface area contributed by atoms with E-state index in [4.69, 9.17) is 0 Å². The third-order valence-electron chi connectivity index (χ3n) is 4.34. The van der Waals surface area contributed by atoms with E-state index in [2.05, 4.69) is 23.6 Å². The number of halogens is 2. The number of rotatable bonds is 6. The summed E-state index contributed by atoms with van der Waals surface area (Å²) < 4.78 is 26.1. The third kappa shape index (κ3) is 3.99. The van der Waals surface area contributed by atoms with Crippen molar-refractivity contribution in [1.82, 2.24) is 9.80 Å². The average molecular weight is 298 g/mol. The highest BCUT2D eigenvalue weighted by atomic mass is 19.2. The van der Waals surface area contributed by atoms with Crippen molar-refractivity contribution in [2.75, 3.05) is 32.7 Å². The van der Waals surface area contributed by atoms with Crippen LogP contribution in [0.4, 0.5) is 8.78 Å². The maximum atomic E-state index is 13.2. The highest BCUT2D eigenvalue weighted by molar-refractivity contribution is 5.20. The third-order valence-corrected chi connectivity index (χ3v) is 4.34. The Bertz CT molecular complexity index is 466. The van der Waals surface area contributed by atoms with Crippen molar-refractivity contribution in [3.63, 3.8) is 0 Å². The van der Waals surface area contributed by atoms with E-state index in [1.165, 1.54) is 6.07 Å². The fraction of sp³-hybridized carbons (Fsp3) is 0.625. The van der Waals surface area contributed by atoms with E-state index in [1.807, 2.05) is 0 Å². The van der Waals surface area contributed by atoms with Gasteiger partial charge in [-0.05, 0) is 43.8 Å². The van der Waals surface area contributed by atoms with E-state index in [0.717, 1.165) is 44.7 Å². The van der Waals surface area contributed by atoms with Crippen LogP contribution in [0.1, 0.15) is 31.9 Å². The van der Waals surface area contributed by atoms with Crippen LogP contribution >= 0.6 is 0 Å². The molecule has 1 saturated heterocycles. The molecule has 0 aliphatic carbocycles. The van der Waals surface area contributed by atoms with Gasteiger partial charge in [-0.2, -0.15) is 0 Å². The van der Waals surface area contributed by atoms with Gasteiger partial charge in [-0.1, -0.05) is 19.9 Å². The molecule has 1 aromatic carbocycles. The van der Waals surface area contributed by atoms with Crippen molar-refractivity contribution in [2.45, 2.75) is 32.4 Å². The standard InChI is InChI=1S/C16H24F2N2O/c1-3-20(4-2)13-7-8-19(10-13)11-16(21)12-5-6-14(17)15(18)9-12/h5-6,9,13,16,21H,3-4,7-8,10-11H2,1-2H3. The van der Waals surface area contributed by atoms with E-state index < -0.39 is 17.7 Å². The second kappa shape index (κ2) is 7.29. The zero-order valence-corrected chi connectivity index (χ0v) is 12.7. The van der Waals surface area contributed by atoms with Crippen LogP contribution in [0.2, 0.25) is 0 Å². The molecule has 1 fully saturated rings. The molecule has 2 atom stereocenters. The predicted molar refractivity (Wildman–Crippen MR) is 79.1 cm³/mol. The van der Waals surface area contributed by atoms with Crippen LogP contribution in [0.5, 0.6) is 0 Å². The van der Waals surface area contributed by atoms with E-state index in [9.17, 15) is 13.9 Å². The minimum atomic E-state index is -0.908. The van der Waals surface area contributed by atoms with E-state index in [0.29, 0.717) is 18.2 Å². The monoisotopic (exact) mass is 298 g/mol. The number of aliphatic hydroxyl groups is 1. The van der Waals surface area contributed by atoms with Gasteiger partial charge in [-0.15, -0.1) is 0 Å². The van der Waals surface area contributed by atoms with Gasteiger partial charge in [-0.3, -0.25) is 9.80 Å². The SMILES string of the molecule is CCN(CC)C1CCN(CC(O)c2ccc(F)c(F)c2)C1. The Morgan fingerprint density at radius 1 is 1.29 bits per heavy atom. The summed E-state index contributed by atoms with van der Waals surface area (Å²) in [5.74, 6) is -1.79. The molecule has 21 heavy (non-hydrogen) atoms. The molecule has 2 rings (SSSR count). The molecule has 2 unspecified atom stereocenters. The topological polar surface area (TPSA) is 26.7 Å². The van der Waals surface area contributed by atoms with E-state index in [-0.39, 0.29) is 0 Å². The van der Waals surface area contributed by atoms with E-state index in [1.54, 1.807) is 0 Å². The number of nitrogens with zero attached hydrogens (tertiary/aromatic N) is 2. The van der Waals surface area contributed by atoms with Crippen molar-refractivity contribution in [2.24, 2.45) is 0 Å². The van der Waals surface area contributed by atoms with Crippen LogP contribution in [-0.4, -0.2) is 53.7 Å². The van der Waals surface area contributed by atoms with Crippen molar-refractivity contribution in [1.29, 1.82) is 0 Å². The van der Waals surface area contributed by atoms with Gasteiger partial charge in [0.25, 0.3) is 0 Å². The Morgan fingerprint density at radius 2 is 2.00 bits per heavy atom. The average Bonchev–Trinajstić information content (AvgIpc) is 2.91. The summed E-state index contributed by atoms with van der Waals surface area (Å²) in [5.41, 5.74) is 0.431. The van der Waals surface area contributed by atoms with Crippen LogP contribution < -0.4 is 0 Å². The number of hydrogen-bond acceptors (Lipinski definition) is 3. The Kier molecular flexibility index (Phi) is 5.67. The maximum absolute atomic E-state index is 13.2. The van der Waals surface area contributed by atoms with Crippen LogP contribution in [0.3, 0.4) is 0 Å². The molecule has 0 amide bonds. The fourth-order valence-corrected chi connectivity index (χ4v) is 3.09. The molecule has 118 valence electrons. The first-order valence-corrected chi connectivity index (χ1v) is 7.64. The lowest BCUT2D eigenvalue weighted by molar-refractivity contribution is 0.119. The summed E-state index contributed by atoms with van der Waals surface area (Å²) in [5, 5.41) is 10.2. The molecule has 1 heterocycles. The minimum absolute atomic E-state index is 0.431. The smallest absolute Gasteiger partial charge is 0.159 e. The summed E-state index contributed by atoms with van der Waals surface area (Å²) in [6.45, 7) is 8.68. The van der Waals surface area contributed by atoms with Gasteiger partial charge in [0.05, 0.1) is 6.10 Å². The van der Waals surface area contributed by atoms with Gasteiger partial charge in [-0.25, -0.2) is 8.78 Å². The van der Waals surface area contributed by atoms with Gasteiger partial charge < -0.3 is 5.11 Å². The quantitative estimate of drug-likeness (QED) is 0.874. The van der Waals surface area contributed by atoms with Crippen LogP contribution in [0.15, 0.2) is 18.2 Å². The Labute approximate surface area is 125 Å². The van der Waals surface area contributed by atoms with Gasteiger partial charge in [0.2, 0.25) is 0 Å². The highest BCUT2D eigenvalue weighted by Crippen LogP contribution is 2.21. The molecular weight excluding hydrogens is 274 g/mol. The molecule has 1 N–H and O–H groups in total. The minimum Gasteiger partial charge on any atom is -0.387 e. The number of likely N-dealkylation sites (tertiary alicyclic amines) is 1. The predicted octanol–water partition coefficient (Wildman–Crippen LogP) is 2.41. The summed E-state index contributed by atoms with van der Waals surface area (Å²) in [6.07, 6.45) is 0.308. The zero-order chi connectivity index (χ0) is 15.4. The molecule has 0 spiro atoms. The zero-order valence-electron chi connectivity index (χ0n) is 12.7. The van der Waals surface area contributed by atoms with Crippen LogP contribution in [-0.2, 0) is 0 Å². The lowest BCUT2D eigenvalue weighted by atomic mass is 10.1. The highest BCUT2D eigenvalue weighted by Gasteiger charge is 2.27. The number of β-amino-alcohol motifs (C(OH)–C–C–N with tert-alkyl or cyclic N) is 1. The number of benzene rings is 1. The lowest BCUT2D eigenvalue weighted by Crippen LogP contribution is -2.38. The number of hydrogen-bond donors (Lipinski definition) is 1. The summed E-state index contributed by atoms with van der Waals surface area (Å²) >= 11 is 0. The molecule has 0 bridgehead atoms. The first-order chi connectivity index (χ1) is 10.0. The Hall–Kier alpha value is -1.04.